The maximum Gasteiger partial charge on any atom is 0.391 e. The Hall–Kier alpha value is -1.67. The number of rotatable bonds is 8. The predicted octanol–water partition coefficient (Wildman–Crippen LogP) is 3.56. The Morgan fingerprint density at radius 2 is 2.00 bits per heavy atom. The Morgan fingerprint density at radius 1 is 1.28 bits per heavy atom. The number of aromatic nitrogens is 3. The maximum atomic E-state index is 13.1. The summed E-state index contributed by atoms with van der Waals surface area (Å²) in [6, 6.07) is 1.97. The SMILES string of the molecule is CCN(C[C@H]1CC[C@H](C(F)(F)F)CC1)c1ncnc2c1ccn2C[C@@H]1CCN(CC(N)=O)C[C@@]1(O)I. The number of hydrogen-bond donors (Lipinski definition) is 2. The van der Waals surface area contributed by atoms with Crippen molar-refractivity contribution in [3.05, 3.63) is 18.6 Å². The van der Waals surface area contributed by atoms with E-state index in [1.165, 1.54) is 6.33 Å². The van der Waals surface area contributed by atoms with Crippen LogP contribution in [0, 0.1) is 17.8 Å². The first-order chi connectivity index (χ1) is 17.0. The fraction of sp³-hybridized carbons (Fsp3) is 0.708. The molecule has 36 heavy (non-hydrogen) atoms. The molecule has 1 amide bonds. The molecule has 2 aromatic rings. The summed E-state index contributed by atoms with van der Waals surface area (Å²) in [4.78, 5) is 24.4. The number of likely N-dealkylation sites (tertiary alicyclic amines) is 1. The van der Waals surface area contributed by atoms with Gasteiger partial charge in [0.25, 0.3) is 0 Å². The number of alkyl halides is 4. The van der Waals surface area contributed by atoms with E-state index in [9.17, 15) is 23.1 Å². The van der Waals surface area contributed by atoms with Crippen LogP contribution in [0.25, 0.3) is 11.0 Å². The molecule has 12 heteroatoms. The lowest BCUT2D eigenvalue weighted by Gasteiger charge is -2.41. The molecule has 0 unspecified atom stereocenters. The van der Waals surface area contributed by atoms with Crippen LogP contribution in [0.4, 0.5) is 19.0 Å². The van der Waals surface area contributed by atoms with E-state index in [-0.39, 0.29) is 31.2 Å². The first-order valence-corrected chi connectivity index (χ1v) is 13.6. The number of aliphatic hydroxyl groups is 1. The minimum Gasteiger partial charge on any atom is -0.378 e. The predicted molar refractivity (Wildman–Crippen MR) is 140 cm³/mol. The van der Waals surface area contributed by atoms with Gasteiger partial charge < -0.3 is 20.3 Å². The molecule has 0 radical (unpaired) electrons. The molecule has 200 valence electrons. The van der Waals surface area contributed by atoms with Crippen molar-refractivity contribution >= 4 is 45.3 Å². The number of halogens is 4. The van der Waals surface area contributed by atoms with Crippen LogP contribution < -0.4 is 10.6 Å². The fourth-order valence-electron chi connectivity index (χ4n) is 5.64. The average Bonchev–Trinajstić information content (AvgIpc) is 3.21. The first-order valence-electron chi connectivity index (χ1n) is 12.5. The number of carbonyl (C=O) groups is 1. The fourth-order valence-corrected chi connectivity index (χ4v) is 6.64. The van der Waals surface area contributed by atoms with Crippen LogP contribution in [0.15, 0.2) is 18.6 Å². The van der Waals surface area contributed by atoms with Gasteiger partial charge in [-0.15, -0.1) is 0 Å². The van der Waals surface area contributed by atoms with Gasteiger partial charge in [0.1, 0.15) is 21.4 Å². The van der Waals surface area contributed by atoms with E-state index >= 15 is 0 Å². The van der Waals surface area contributed by atoms with Crippen LogP contribution in [0.3, 0.4) is 0 Å². The van der Waals surface area contributed by atoms with E-state index in [2.05, 4.69) is 37.5 Å². The van der Waals surface area contributed by atoms with Crippen molar-refractivity contribution in [3.8, 4) is 0 Å². The van der Waals surface area contributed by atoms with E-state index < -0.39 is 21.6 Å². The molecule has 2 fully saturated rings. The number of β-amino-alcohol motifs (C(OH)–C–C–N with tert-alkyl or cyclic N) is 1. The lowest BCUT2D eigenvalue weighted by Crippen LogP contribution is -2.52. The molecule has 2 aromatic heterocycles. The molecular weight excluding hydrogens is 588 g/mol. The van der Waals surface area contributed by atoms with Crippen molar-refractivity contribution in [1.29, 1.82) is 0 Å². The van der Waals surface area contributed by atoms with Crippen molar-refractivity contribution in [2.45, 2.75) is 55.4 Å². The molecule has 1 saturated heterocycles. The van der Waals surface area contributed by atoms with E-state index in [1.54, 1.807) is 0 Å². The number of primary amides is 1. The van der Waals surface area contributed by atoms with Gasteiger partial charge in [-0.1, -0.05) is 0 Å². The van der Waals surface area contributed by atoms with Crippen LogP contribution in [-0.4, -0.2) is 73.0 Å². The summed E-state index contributed by atoms with van der Waals surface area (Å²) in [7, 11) is 0. The molecule has 3 N–H and O–H groups in total. The van der Waals surface area contributed by atoms with Crippen molar-refractivity contribution in [1.82, 2.24) is 19.4 Å². The molecule has 1 aliphatic heterocycles. The normalized spacial score (nSPS) is 27.9. The number of piperidine rings is 1. The third kappa shape index (κ3) is 6.24. The topological polar surface area (TPSA) is 101 Å². The van der Waals surface area contributed by atoms with Crippen molar-refractivity contribution in [2.75, 3.05) is 37.6 Å². The summed E-state index contributed by atoms with van der Waals surface area (Å²) >= 11 is 2.06. The van der Waals surface area contributed by atoms with Gasteiger partial charge in [0.15, 0.2) is 0 Å². The van der Waals surface area contributed by atoms with Crippen molar-refractivity contribution in [3.63, 3.8) is 0 Å². The zero-order chi connectivity index (χ0) is 26.1. The number of nitrogens with zero attached hydrogens (tertiary/aromatic N) is 5. The highest BCUT2D eigenvalue weighted by Gasteiger charge is 2.42. The Morgan fingerprint density at radius 3 is 2.61 bits per heavy atom. The van der Waals surface area contributed by atoms with Gasteiger partial charge >= 0.3 is 6.18 Å². The zero-order valence-electron chi connectivity index (χ0n) is 20.4. The molecule has 8 nitrogen and oxygen atoms in total. The standard InChI is InChI=1S/C24H34F3IN6O2/c1-2-33(11-16-3-5-17(6-4-16)24(25,26)27)21-19-8-10-34(22(19)31-15-30-21)12-18-7-9-32(13-20(29)35)14-23(18,28)36/h8,10,15-18,36H,2-7,9,11-14H2,1H3,(H2,29,35)/t16-,17-,18-,23-/m0/s1. The number of nitrogens with two attached hydrogens (primary N) is 1. The van der Waals surface area contributed by atoms with Gasteiger partial charge in [0.2, 0.25) is 5.91 Å². The smallest absolute Gasteiger partial charge is 0.378 e. The summed E-state index contributed by atoms with van der Waals surface area (Å²) in [5.74, 6) is -0.629. The minimum absolute atomic E-state index is 0.0395. The van der Waals surface area contributed by atoms with E-state index in [1.807, 2.05) is 28.7 Å². The minimum atomic E-state index is -4.10. The van der Waals surface area contributed by atoms with Gasteiger partial charge in [-0.3, -0.25) is 9.69 Å². The van der Waals surface area contributed by atoms with Crippen LogP contribution >= 0.6 is 22.6 Å². The molecule has 1 aliphatic carbocycles. The van der Waals surface area contributed by atoms with Crippen LogP contribution in [0.5, 0.6) is 0 Å². The van der Waals surface area contributed by atoms with E-state index in [4.69, 9.17) is 5.73 Å². The number of anilines is 1. The zero-order valence-corrected chi connectivity index (χ0v) is 22.6. The van der Waals surface area contributed by atoms with Crippen LogP contribution in [0.1, 0.15) is 39.0 Å². The van der Waals surface area contributed by atoms with Gasteiger partial charge in [-0.25, -0.2) is 9.97 Å². The Bertz CT molecular complexity index is 1050. The van der Waals surface area contributed by atoms with Crippen LogP contribution in [0.2, 0.25) is 0 Å². The highest BCUT2D eigenvalue weighted by molar-refractivity contribution is 14.1. The molecule has 0 bridgehead atoms. The van der Waals surface area contributed by atoms with E-state index in [0.717, 1.165) is 16.9 Å². The number of hydrogen-bond acceptors (Lipinski definition) is 6. The highest BCUT2D eigenvalue weighted by Crippen LogP contribution is 2.40. The second kappa shape index (κ2) is 11.0. The van der Waals surface area contributed by atoms with Gasteiger partial charge in [-0.05, 0) is 80.1 Å². The third-order valence-corrected chi connectivity index (χ3v) is 8.89. The number of fused-ring (bicyclic) bond motifs is 1. The second-order valence-electron chi connectivity index (χ2n) is 10.2. The highest BCUT2D eigenvalue weighted by atomic mass is 127. The van der Waals surface area contributed by atoms with Gasteiger partial charge in [-0.2, -0.15) is 13.2 Å². The molecular formula is C24H34F3IN6O2. The van der Waals surface area contributed by atoms with E-state index in [0.29, 0.717) is 52.0 Å². The first kappa shape index (κ1) is 27.4. The molecule has 2 aliphatic rings. The Labute approximate surface area is 222 Å². The quantitative estimate of drug-likeness (QED) is 0.345. The van der Waals surface area contributed by atoms with Crippen LogP contribution in [-0.2, 0) is 11.3 Å². The van der Waals surface area contributed by atoms with Gasteiger partial charge in [0.05, 0.1) is 17.8 Å². The third-order valence-electron chi connectivity index (χ3n) is 7.67. The summed E-state index contributed by atoms with van der Waals surface area (Å²) < 4.78 is 40.2. The Kier molecular flexibility index (Phi) is 8.35. The summed E-state index contributed by atoms with van der Waals surface area (Å²) in [6.45, 7) is 5.14. The number of carbonyl (C=O) groups excluding carboxylic acids is 1. The Balaban J connectivity index is 1.46. The number of amides is 1. The van der Waals surface area contributed by atoms with Crippen molar-refractivity contribution < 1.29 is 23.1 Å². The maximum absolute atomic E-state index is 13.1. The lowest BCUT2D eigenvalue weighted by atomic mass is 9.81. The summed E-state index contributed by atoms with van der Waals surface area (Å²) in [5.41, 5.74) is 6.09. The summed E-state index contributed by atoms with van der Waals surface area (Å²) in [5, 5.41) is 12.0. The molecule has 0 spiro atoms. The second-order valence-corrected chi connectivity index (χ2v) is 12.0. The monoisotopic (exact) mass is 622 g/mol. The summed E-state index contributed by atoms with van der Waals surface area (Å²) in [6.07, 6.45) is 1.62. The molecule has 2 atom stereocenters. The molecule has 0 aromatic carbocycles. The lowest BCUT2D eigenvalue weighted by molar-refractivity contribution is -0.183. The molecule has 4 rings (SSSR count). The largest absolute Gasteiger partial charge is 0.391 e. The van der Waals surface area contributed by atoms with Crippen molar-refractivity contribution in [2.24, 2.45) is 23.5 Å². The molecule has 1 saturated carbocycles. The molecule has 3 heterocycles. The van der Waals surface area contributed by atoms with Gasteiger partial charge in [0, 0.05) is 38.3 Å². The average molecular weight is 622 g/mol.